The van der Waals surface area contributed by atoms with Gasteiger partial charge in [-0.1, -0.05) is 6.07 Å². The molecule has 0 bridgehead atoms. The average Bonchev–Trinajstić information content (AvgIpc) is 2.22. The molecule has 0 radical (unpaired) electrons. The minimum absolute atomic E-state index is 0.0307. The number of hydrogen-bond acceptors (Lipinski definition) is 3. The highest BCUT2D eigenvalue weighted by atomic mass is 16.5. The lowest BCUT2D eigenvalue weighted by molar-refractivity contribution is -0.121. The van der Waals surface area contributed by atoms with E-state index in [4.69, 9.17) is 10.5 Å². The zero-order valence-electron chi connectivity index (χ0n) is 8.69. The fourth-order valence-electron chi connectivity index (χ4n) is 1.69. The van der Waals surface area contributed by atoms with Gasteiger partial charge in [0.25, 0.3) is 5.91 Å². The van der Waals surface area contributed by atoms with Crippen LogP contribution in [0, 0.1) is 6.92 Å². The molecular formula is C11H14N2O2. The van der Waals surface area contributed by atoms with E-state index >= 15 is 0 Å². The summed E-state index contributed by atoms with van der Waals surface area (Å²) in [5.41, 5.74) is 7.42. The summed E-state index contributed by atoms with van der Waals surface area (Å²) in [7, 11) is 0. The Morgan fingerprint density at radius 1 is 1.53 bits per heavy atom. The van der Waals surface area contributed by atoms with Gasteiger partial charge in [0.15, 0.2) is 6.61 Å². The van der Waals surface area contributed by atoms with Crippen LogP contribution in [0.25, 0.3) is 0 Å². The third-order valence-electron chi connectivity index (χ3n) is 2.41. The van der Waals surface area contributed by atoms with E-state index in [1.54, 1.807) is 4.90 Å². The van der Waals surface area contributed by atoms with Crippen molar-refractivity contribution >= 4 is 11.6 Å². The lowest BCUT2D eigenvalue weighted by atomic mass is 10.1. The van der Waals surface area contributed by atoms with Crippen molar-refractivity contribution in [3.05, 3.63) is 23.8 Å². The molecule has 1 aliphatic rings. The first-order chi connectivity index (χ1) is 7.22. The van der Waals surface area contributed by atoms with Crippen molar-refractivity contribution in [3.63, 3.8) is 0 Å². The van der Waals surface area contributed by atoms with Crippen molar-refractivity contribution in [1.82, 2.24) is 0 Å². The maximum absolute atomic E-state index is 11.6. The van der Waals surface area contributed by atoms with Crippen LogP contribution >= 0.6 is 0 Å². The molecule has 0 spiro atoms. The van der Waals surface area contributed by atoms with Gasteiger partial charge in [0, 0.05) is 13.1 Å². The lowest BCUT2D eigenvalue weighted by Crippen LogP contribution is -2.41. The van der Waals surface area contributed by atoms with Crippen molar-refractivity contribution in [2.45, 2.75) is 6.92 Å². The summed E-state index contributed by atoms with van der Waals surface area (Å²) >= 11 is 0. The maximum Gasteiger partial charge on any atom is 0.265 e. The number of rotatable bonds is 2. The molecule has 1 heterocycles. The Hall–Kier alpha value is -1.55. The van der Waals surface area contributed by atoms with E-state index in [-0.39, 0.29) is 12.5 Å². The molecule has 0 aliphatic carbocycles. The van der Waals surface area contributed by atoms with Crippen LogP contribution in [-0.2, 0) is 4.79 Å². The fraction of sp³-hybridized carbons (Fsp3) is 0.364. The number of fused-ring (bicyclic) bond motifs is 1. The van der Waals surface area contributed by atoms with Crippen LogP contribution in [0.3, 0.4) is 0 Å². The number of benzene rings is 1. The van der Waals surface area contributed by atoms with Crippen LogP contribution in [0.15, 0.2) is 18.2 Å². The first-order valence-corrected chi connectivity index (χ1v) is 4.96. The SMILES string of the molecule is Cc1ccc2c(c1)OCC(=O)N2CCN. The minimum atomic E-state index is -0.0307. The van der Waals surface area contributed by atoms with Crippen molar-refractivity contribution in [3.8, 4) is 5.75 Å². The molecule has 1 aromatic rings. The normalized spacial score (nSPS) is 14.8. The van der Waals surface area contributed by atoms with Crippen molar-refractivity contribution < 1.29 is 9.53 Å². The molecular weight excluding hydrogens is 192 g/mol. The molecule has 4 nitrogen and oxygen atoms in total. The Kier molecular flexibility index (Phi) is 2.60. The second-order valence-electron chi connectivity index (χ2n) is 3.59. The molecule has 0 aromatic heterocycles. The smallest absolute Gasteiger partial charge is 0.265 e. The van der Waals surface area contributed by atoms with E-state index in [0.29, 0.717) is 13.1 Å². The molecule has 15 heavy (non-hydrogen) atoms. The van der Waals surface area contributed by atoms with Gasteiger partial charge in [-0.2, -0.15) is 0 Å². The van der Waals surface area contributed by atoms with Crippen LogP contribution in [0.2, 0.25) is 0 Å². The molecule has 1 amide bonds. The van der Waals surface area contributed by atoms with Crippen LogP contribution in [0.4, 0.5) is 5.69 Å². The van der Waals surface area contributed by atoms with E-state index in [1.807, 2.05) is 25.1 Å². The van der Waals surface area contributed by atoms with Gasteiger partial charge in [0.05, 0.1) is 5.69 Å². The van der Waals surface area contributed by atoms with Gasteiger partial charge in [-0.25, -0.2) is 0 Å². The fourth-order valence-corrected chi connectivity index (χ4v) is 1.69. The van der Waals surface area contributed by atoms with E-state index in [1.165, 1.54) is 0 Å². The summed E-state index contributed by atoms with van der Waals surface area (Å²) in [6, 6.07) is 5.80. The molecule has 0 fully saturated rings. The molecule has 2 N–H and O–H groups in total. The molecule has 1 aliphatic heterocycles. The average molecular weight is 206 g/mol. The molecule has 0 atom stereocenters. The van der Waals surface area contributed by atoms with Crippen molar-refractivity contribution in [2.75, 3.05) is 24.6 Å². The van der Waals surface area contributed by atoms with Crippen LogP contribution in [0.5, 0.6) is 5.75 Å². The number of anilines is 1. The monoisotopic (exact) mass is 206 g/mol. The van der Waals surface area contributed by atoms with Crippen LogP contribution in [-0.4, -0.2) is 25.6 Å². The van der Waals surface area contributed by atoms with E-state index < -0.39 is 0 Å². The number of aryl methyl sites for hydroxylation is 1. The molecule has 80 valence electrons. The van der Waals surface area contributed by atoms with E-state index in [0.717, 1.165) is 17.0 Å². The highest BCUT2D eigenvalue weighted by Gasteiger charge is 2.24. The van der Waals surface area contributed by atoms with Gasteiger partial charge in [-0.3, -0.25) is 4.79 Å². The zero-order valence-corrected chi connectivity index (χ0v) is 8.69. The third-order valence-corrected chi connectivity index (χ3v) is 2.41. The summed E-state index contributed by atoms with van der Waals surface area (Å²) in [6.45, 7) is 3.10. The Balaban J connectivity index is 2.39. The summed E-state index contributed by atoms with van der Waals surface area (Å²) in [4.78, 5) is 13.3. The number of ether oxygens (including phenoxy) is 1. The zero-order chi connectivity index (χ0) is 10.8. The Morgan fingerprint density at radius 3 is 3.07 bits per heavy atom. The molecule has 0 saturated carbocycles. The number of amides is 1. The Bertz CT molecular complexity index is 390. The van der Waals surface area contributed by atoms with Crippen LogP contribution in [0.1, 0.15) is 5.56 Å². The van der Waals surface area contributed by atoms with Gasteiger partial charge in [-0.15, -0.1) is 0 Å². The first kappa shape index (κ1) is 9.98. The summed E-state index contributed by atoms with van der Waals surface area (Å²) < 4.78 is 5.36. The van der Waals surface area contributed by atoms with E-state index in [9.17, 15) is 4.79 Å². The molecule has 2 rings (SSSR count). The predicted molar refractivity (Wildman–Crippen MR) is 58.1 cm³/mol. The number of carbonyl (C=O) groups excluding carboxylic acids is 1. The largest absolute Gasteiger partial charge is 0.482 e. The summed E-state index contributed by atoms with van der Waals surface area (Å²) in [5.74, 6) is 0.736. The molecule has 1 aromatic carbocycles. The topological polar surface area (TPSA) is 55.6 Å². The maximum atomic E-state index is 11.6. The third kappa shape index (κ3) is 1.80. The Labute approximate surface area is 88.6 Å². The standard InChI is InChI=1S/C11H14N2O2/c1-8-2-3-9-10(6-8)15-7-11(14)13(9)5-4-12/h2-3,6H,4-5,7,12H2,1H3. The molecule has 0 saturated heterocycles. The van der Waals surface area contributed by atoms with Crippen molar-refractivity contribution in [1.29, 1.82) is 0 Å². The second-order valence-corrected chi connectivity index (χ2v) is 3.59. The first-order valence-electron chi connectivity index (χ1n) is 4.96. The van der Waals surface area contributed by atoms with Gasteiger partial charge in [0.2, 0.25) is 0 Å². The number of nitrogens with two attached hydrogens (primary N) is 1. The predicted octanol–water partition coefficient (Wildman–Crippen LogP) is 0.679. The number of carbonyl (C=O) groups is 1. The quantitative estimate of drug-likeness (QED) is 0.774. The second kappa shape index (κ2) is 3.90. The van der Waals surface area contributed by atoms with Gasteiger partial charge >= 0.3 is 0 Å². The van der Waals surface area contributed by atoms with Crippen LogP contribution < -0.4 is 15.4 Å². The molecule has 4 heteroatoms. The van der Waals surface area contributed by atoms with Gasteiger partial charge < -0.3 is 15.4 Å². The molecule has 0 unspecified atom stereocenters. The van der Waals surface area contributed by atoms with Gasteiger partial charge in [0.1, 0.15) is 5.75 Å². The number of hydrogen-bond donors (Lipinski definition) is 1. The van der Waals surface area contributed by atoms with E-state index in [2.05, 4.69) is 0 Å². The summed E-state index contributed by atoms with van der Waals surface area (Å²) in [6.07, 6.45) is 0. The summed E-state index contributed by atoms with van der Waals surface area (Å²) in [5, 5.41) is 0. The van der Waals surface area contributed by atoms with Crippen molar-refractivity contribution in [2.24, 2.45) is 5.73 Å². The Morgan fingerprint density at radius 2 is 2.33 bits per heavy atom. The number of nitrogens with zero attached hydrogens (tertiary/aromatic N) is 1. The minimum Gasteiger partial charge on any atom is -0.482 e. The highest BCUT2D eigenvalue weighted by Crippen LogP contribution is 2.32. The highest BCUT2D eigenvalue weighted by molar-refractivity contribution is 5.97. The van der Waals surface area contributed by atoms with Gasteiger partial charge in [-0.05, 0) is 24.6 Å². The lowest BCUT2D eigenvalue weighted by Gasteiger charge is -2.29.